The highest BCUT2D eigenvalue weighted by Gasteiger charge is 2.17. The van der Waals surface area contributed by atoms with Gasteiger partial charge in [-0.3, -0.25) is 15.0 Å². The van der Waals surface area contributed by atoms with Crippen molar-refractivity contribution < 1.29 is 4.79 Å². The fourth-order valence-electron chi connectivity index (χ4n) is 3.62. The minimum absolute atomic E-state index is 0.178. The molecule has 1 aliphatic rings. The predicted molar refractivity (Wildman–Crippen MR) is 112 cm³/mol. The fraction of sp³-hybridized carbons (Fsp3) is 0.500. The van der Waals surface area contributed by atoms with E-state index in [-0.39, 0.29) is 11.9 Å². The number of carbonyl (C=O) groups is 1. The van der Waals surface area contributed by atoms with Crippen LogP contribution in [0.5, 0.6) is 0 Å². The standard InChI is InChI=1S/C20H26N6OS/c1-13(2)26-18-15(10-21-26)9-17(14(3)22-18)19(27)24-20-23-16(12-28-20)11-25-7-5-4-6-8-25/h9-10,12-13H,4-8,11H2,1-3H3,(H,23,24,27). The van der Waals surface area contributed by atoms with Gasteiger partial charge in [-0.2, -0.15) is 5.10 Å². The normalized spacial score (nSPS) is 15.4. The number of aromatic nitrogens is 4. The average molecular weight is 399 g/mol. The molecule has 1 N–H and O–H groups in total. The Labute approximate surface area is 168 Å². The summed E-state index contributed by atoms with van der Waals surface area (Å²) in [6.45, 7) is 9.10. The molecule has 0 atom stereocenters. The number of hydrogen-bond donors (Lipinski definition) is 1. The quantitative estimate of drug-likeness (QED) is 0.703. The van der Waals surface area contributed by atoms with Gasteiger partial charge >= 0.3 is 0 Å². The van der Waals surface area contributed by atoms with Crippen molar-refractivity contribution in [3.05, 3.63) is 34.6 Å². The number of rotatable bonds is 5. The number of nitrogens with zero attached hydrogens (tertiary/aromatic N) is 5. The highest BCUT2D eigenvalue weighted by molar-refractivity contribution is 7.14. The topological polar surface area (TPSA) is 75.9 Å². The van der Waals surface area contributed by atoms with Crippen molar-refractivity contribution in [1.29, 1.82) is 0 Å². The van der Waals surface area contributed by atoms with Crippen molar-refractivity contribution in [2.24, 2.45) is 0 Å². The second-order valence-corrected chi connectivity index (χ2v) is 8.51. The van der Waals surface area contributed by atoms with E-state index in [2.05, 4.69) is 39.1 Å². The average Bonchev–Trinajstić information content (AvgIpc) is 3.28. The van der Waals surface area contributed by atoms with Gasteiger partial charge in [-0.15, -0.1) is 11.3 Å². The number of fused-ring (bicyclic) bond motifs is 1. The molecule has 28 heavy (non-hydrogen) atoms. The molecular formula is C20H26N6OS. The van der Waals surface area contributed by atoms with E-state index in [9.17, 15) is 4.79 Å². The van der Waals surface area contributed by atoms with Crippen LogP contribution in [0.2, 0.25) is 0 Å². The van der Waals surface area contributed by atoms with Crippen molar-refractivity contribution in [1.82, 2.24) is 24.6 Å². The molecule has 0 spiro atoms. The maximum atomic E-state index is 12.8. The summed E-state index contributed by atoms with van der Waals surface area (Å²) < 4.78 is 1.87. The summed E-state index contributed by atoms with van der Waals surface area (Å²) in [4.78, 5) is 24.4. The molecule has 148 valence electrons. The molecule has 0 unspecified atom stereocenters. The third kappa shape index (κ3) is 3.93. The Kier molecular flexibility index (Phi) is 5.41. The first-order chi connectivity index (χ1) is 13.5. The van der Waals surface area contributed by atoms with Gasteiger partial charge in [-0.05, 0) is 52.8 Å². The molecule has 3 aromatic rings. The smallest absolute Gasteiger partial charge is 0.259 e. The Morgan fingerprint density at radius 3 is 2.79 bits per heavy atom. The van der Waals surface area contributed by atoms with Gasteiger partial charge in [-0.1, -0.05) is 6.42 Å². The lowest BCUT2D eigenvalue weighted by Gasteiger charge is -2.25. The van der Waals surface area contributed by atoms with Crippen LogP contribution in [0.3, 0.4) is 0 Å². The molecule has 0 radical (unpaired) electrons. The number of likely N-dealkylation sites (tertiary alicyclic amines) is 1. The van der Waals surface area contributed by atoms with Gasteiger partial charge in [0.05, 0.1) is 23.1 Å². The summed E-state index contributed by atoms with van der Waals surface area (Å²) in [6.07, 6.45) is 5.60. The van der Waals surface area contributed by atoms with E-state index in [1.54, 1.807) is 6.20 Å². The molecular weight excluding hydrogens is 372 g/mol. The first-order valence-corrected chi connectivity index (χ1v) is 10.7. The van der Waals surface area contributed by atoms with Crippen molar-refractivity contribution in [2.75, 3.05) is 18.4 Å². The number of hydrogen-bond acceptors (Lipinski definition) is 6. The van der Waals surface area contributed by atoms with Gasteiger partial charge in [0.25, 0.3) is 5.91 Å². The maximum Gasteiger partial charge on any atom is 0.259 e. The van der Waals surface area contributed by atoms with Crippen molar-refractivity contribution in [2.45, 2.75) is 52.6 Å². The van der Waals surface area contributed by atoms with Crippen LogP contribution in [0.15, 0.2) is 17.6 Å². The van der Waals surface area contributed by atoms with Gasteiger partial charge in [0.1, 0.15) is 0 Å². The Hall–Kier alpha value is -2.32. The third-order valence-corrected chi connectivity index (χ3v) is 5.91. The number of thiazole rings is 1. The molecule has 0 aliphatic carbocycles. The van der Waals surface area contributed by atoms with E-state index in [4.69, 9.17) is 0 Å². The number of anilines is 1. The monoisotopic (exact) mass is 398 g/mol. The Morgan fingerprint density at radius 2 is 2.04 bits per heavy atom. The van der Waals surface area contributed by atoms with Crippen LogP contribution in [0, 0.1) is 6.92 Å². The van der Waals surface area contributed by atoms with Gasteiger partial charge in [0.2, 0.25) is 0 Å². The number of nitrogens with one attached hydrogen (secondary N) is 1. The zero-order valence-electron chi connectivity index (χ0n) is 16.6. The SMILES string of the molecule is Cc1nc2c(cnn2C(C)C)cc1C(=O)Nc1nc(CN2CCCCC2)cs1. The number of pyridine rings is 1. The molecule has 4 rings (SSSR count). The van der Waals surface area contributed by atoms with Crippen LogP contribution < -0.4 is 5.32 Å². The highest BCUT2D eigenvalue weighted by atomic mass is 32.1. The highest BCUT2D eigenvalue weighted by Crippen LogP contribution is 2.22. The predicted octanol–water partition coefficient (Wildman–Crippen LogP) is 4.02. The van der Waals surface area contributed by atoms with Crippen LogP contribution in [-0.2, 0) is 6.54 Å². The lowest BCUT2D eigenvalue weighted by Crippen LogP contribution is -2.29. The fourth-order valence-corrected chi connectivity index (χ4v) is 4.32. The van der Waals surface area contributed by atoms with E-state index in [0.717, 1.165) is 36.4 Å². The molecule has 4 heterocycles. The number of piperidine rings is 1. The minimum atomic E-state index is -0.178. The third-order valence-electron chi connectivity index (χ3n) is 5.10. The summed E-state index contributed by atoms with van der Waals surface area (Å²) in [7, 11) is 0. The maximum absolute atomic E-state index is 12.8. The summed E-state index contributed by atoms with van der Waals surface area (Å²) in [5.74, 6) is -0.178. The zero-order valence-corrected chi connectivity index (χ0v) is 17.4. The van der Waals surface area contributed by atoms with Crippen molar-refractivity contribution >= 4 is 33.4 Å². The first kappa shape index (κ1) is 19.0. The van der Waals surface area contributed by atoms with Gasteiger partial charge < -0.3 is 0 Å². The molecule has 1 aliphatic heterocycles. The molecule has 1 amide bonds. The summed E-state index contributed by atoms with van der Waals surface area (Å²) in [5, 5.41) is 10.9. The molecule has 7 nitrogen and oxygen atoms in total. The second kappa shape index (κ2) is 7.97. The van der Waals surface area contributed by atoms with E-state index >= 15 is 0 Å². The van der Waals surface area contributed by atoms with Crippen LogP contribution in [0.25, 0.3) is 11.0 Å². The Balaban J connectivity index is 1.48. The lowest BCUT2D eigenvalue weighted by atomic mass is 10.1. The molecule has 1 fully saturated rings. The lowest BCUT2D eigenvalue weighted by molar-refractivity contribution is 0.102. The molecule has 0 saturated carbocycles. The zero-order chi connectivity index (χ0) is 19.7. The van der Waals surface area contributed by atoms with Crippen LogP contribution in [0.4, 0.5) is 5.13 Å². The number of amides is 1. The Bertz CT molecular complexity index is 986. The van der Waals surface area contributed by atoms with Gasteiger partial charge in [0.15, 0.2) is 10.8 Å². The van der Waals surface area contributed by atoms with Crippen molar-refractivity contribution in [3.63, 3.8) is 0 Å². The van der Waals surface area contributed by atoms with Gasteiger partial charge in [-0.25, -0.2) is 14.6 Å². The van der Waals surface area contributed by atoms with Crippen molar-refractivity contribution in [3.8, 4) is 0 Å². The van der Waals surface area contributed by atoms with E-state index in [1.165, 1.54) is 30.6 Å². The minimum Gasteiger partial charge on any atom is -0.298 e. The number of aryl methyl sites for hydroxylation is 1. The summed E-state index contributed by atoms with van der Waals surface area (Å²) in [5.41, 5.74) is 3.08. The molecule has 1 saturated heterocycles. The summed E-state index contributed by atoms with van der Waals surface area (Å²) in [6, 6.07) is 2.08. The van der Waals surface area contributed by atoms with E-state index < -0.39 is 0 Å². The molecule has 0 aromatic carbocycles. The van der Waals surface area contributed by atoms with Gasteiger partial charge in [0, 0.05) is 23.4 Å². The van der Waals surface area contributed by atoms with Crippen LogP contribution in [0.1, 0.15) is 60.9 Å². The van der Waals surface area contributed by atoms with E-state index in [1.807, 2.05) is 23.1 Å². The second-order valence-electron chi connectivity index (χ2n) is 7.65. The van der Waals surface area contributed by atoms with Crippen LogP contribution >= 0.6 is 11.3 Å². The van der Waals surface area contributed by atoms with E-state index in [0.29, 0.717) is 16.4 Å². The first-order valence-electron chi connectivity index (χ1n) is 9.84. The number of carbonyl (C=O) groups excluding carboxylic acids is 1. The largest absolute Gasteiger partial charge is 0.298 e. The molecule has 8 heteroatoms. The molecule has 3 aromatic heterocycles. The summed E-state index contributed by atoms with van der Waals surface area (Å²) >= 11 is 1.47. The van der Waals surface area contributed by atoms with Crippen LogP contribution in [-0.4, -0.2) is 43.6 Å². The molecule has 0 bridgehead atoms. The Morgan fingerprint density at radius 1 is 1.25 bits per heavy atom.